The molecule has 13 heteroatoms. The van der Waals surface area contributed by atoms with E-state index in [4.69, 9.17) is 27.4 Å². The Balaban J connectivity index is 2.84. The number of nitrogens with two attached hydrogens (primary N) is 3. The van der Waals surface area contributed by atoms with Crippen molar-refractivity contribution >= 4 is 29.7 Å². The third-order valence-electron chi connectivity index (χ3n) is 5.26. The Morgan fingerprint density at radius 1 is 1.15 bits per heavy atom. The second-order valence-corrected chi connectivity index (χ2v) is 8.52. The smallest absolute Gasteiger partial charge is 0.328 e. The van der Waals surface area contributed by atoms with Gasteiger partial charge in [-0.3, -0.25) is 19.4 Å². The minimum atomic E-state index is -1.46. The molecule has 1 aliphatic rings. The number of hydrogen-bond donors (Lipinski definition) is 7. The van der Waals surface area contributed by atoms with Gasteiger partial charge in [0.1, 0.15) is 18.1 Å². The van der Waals surface area contributed by atoms with Crippen molar-refractivity contribution in [3.05, 3.63) is 0 Å². The number of aliphatic hydroxyl groups is 1. The van der Waals surface area contributed by atoms with Crippen molar-refractivity contribution in [2.45, 2.75) is 70.1 Å². The monoisotopic (exact) mass is 471 g/mol. The first kappa shape index (κ1) is 28.1. The van der Waals surface area contributed by atoms with Crippen molar-refractivity contribution in [3.63, 3.8) is 0 Å². The summed E-state index contributed by atoms with van der Waals surface area (Å²) in [5, 5.41) is 23.1. The first-order chi connectivity index (χ1) is 15.5. The highest BCUT2D eigenvalue weighted by Crippen LogP contribution is 2.21. The molecule has 0 aromatic carbocycles. The number of rotatable bonds is 13. The zero-order chi connectivity index (χ0) is 25.1. The molecular formula is C20H37N7O6. The summed E-state index contributed by atoms with van der Waals surface area (Å²) < 4.78 is 0. The second kappa shape index (κ2) is 13.6. The molecule has 1 saturated heterocycles. The van der Waals surface area contributed by atoms with Gasteiger partial charge in [-0.15, -0.1) is 0 Å². The fourth-order valence-electron chi connectivity index (χ4n) is 3.58. The van der Waals surface area contributed by atoms with Gasteiger partial charge in [-0.1, -0.05) is 13.8 Å². The van der Waals surface area contributed by atoms with Crippen LogP contribution in [0.5, 0.6) is 0 Å². The molecule has 1 aliphatic heterocycles. The van der Waals surface area contributed by atoms with Gasteiger partial charge in [0.15, 0.2) is 5.96 Å². The van der Waals surface area contributed by atoms with Crippen LogP contribution in [0.3, 0.4) is 0 Å². The van der Waals surface area contributed by atoms with E-state index in [9.17, 15) is 19.2 Å². The minimum Gasteiger partial charge on any atom is -0.480 e. The van der Waals surface area contributed by atoms with Gasteiger partial charge >= 0.3 is 5.97 Å². The molecule has 0 aliphatic carbocycles. The van der Waals surface area contributed by atoms with Gasteiger partial charge in [0.25, 0.3) is 0 Å². The summed E-state index contributed by atoms with van der Waals surface area (Å²) in [6.07, 6.45) is 2.04. The van der Waals surface area contributed by atoms with Crippen molar-refractivity contribution in [1.29, 1.82) is 0 Å². The standard InChI is InChI=1S/C20H37N7O6/c1-11(2)9-13(25-16(29)12(21)5-3-7-24-20(22)23)18(31)27-8-4-6-15(27)17(30)26-14(10-28)19(32)33/h11-15,28H,3-10,21H2,1-2H3,(H,25,29)(H,26,30)(H,32,33)(H4,22,23,24). The van der Waals surface area contributed by atoms with Crippen LogP contribution in [0.15, 0.2) is 4.99 Å². The van der Waals surface area contributed by atoms with Gasteiger partial charge in [-0.05, 0) is 38.0 Å². The first-order valence-electron chi connectivity index (χ1n) is 11.0. The number of carboxylic acids is 1. The average molecular weight is 472 g/mol. The van der Waals surface area contributed by atoms with Crippen molar-refractivity contribution in [2.24, 2.45) is 28.1 Å². The van der Waals surface area contributed by atoms with Crippen LogP contribution in [-0.2, 0) is 19.2 Å². The summed E-state index contributed by atoms with van der Waals surface area (Å²) >= 11 is 0. The zero-order valence-corrected chi connectivity index (χ0v) is 19.2. The minimum absolute atomic E-state index is 0.0477. The molecule has 0 aromatic rings. The lowest BCUT2D eigenvalue weighted by molar-refractivity contribution is -0.145. The van der Waals surface area contributed by atoms with Crippen LogP contribution in [-0.4, -0.2) is 88.6 Å². The van der Waals surface area contributed by atoms with Crippen molar-refractivity contribution in [2.75, 3.05) is 19.7 Å². The molecule has 0 saturated carbocycles. The fourth-order valence-corrected chi connectivity index (χ4v) is 3.58. The normalized spacial score (nSPS) is 18.3. The van der Waals surface area contributed by atoms with E-state index in [1.165, 1.54) is 4.90 Å². The van der Waals surface area contributed by atoms with E-state index >= 15 is 0 Å². The number of likely N-dealkylation sites (tertiary alicyclic amines) is 1. The zero-order valence-electron chi connectivity index (χ0n) is 19.2. The summed E-state index contributed by atoms with van der Waals surface area (Å²) in [6.45, 7) is 3.65. The molecule has 0 spiro atoms. The highest BCUT2D eigenvalue weighted by molar-refractivity contribution is 5.94. The number of carbonyl (C=O) groups is 4. The number of carbonyl (C=O) groups excluding carboxylic acids is 3. The van der Waals surface area contributed by atoms with E-state index in [0.717, 1.165) is 0 Å². The van der Waals surface area contributed by atoms with Crippen molar-refractivity contribution < 1.29 is 29.4 Å². The van der Waals surface area contributed by atoms with Crippen molar-refractivity contribution in [1.82, 2.24) is 15.5 Å². The van der Waals surface area contributed by atoms with Gasteiger partial charge in [0, 0.05) is 13.1 Å². The summed E-state index contributed by atoms with van der Waals surface area (Å²) in [6, 6.07) is -4.09. The van der Waals surface area contributed by atoms with Gasteiger partial charge in [-0.25, -0.2) is 4.79 Å². The predicted octanol–water partition coefficient (Wildman–Crippen LogP) is -2.55. The van der Waals surface area contributed by atoms with Gasteiger partial charge in [-0.2, -0.15) is 0 Å². The van der Waals surface area contributed by atoms with E-state index in [2.05, 4.69) is 15.6 Å². The van der Waals surface area contributed by atoms with Gasteiger partial charge < -0.3 is 42.9 Å². The summed E-state index contributed by atoms with van der Waals surface area (Å²) in [5.41, 5.74) is 16.5. The number of aliphatic carboxylic acids is 1. The quantitative estimate of drug-likeness (QED) is 0.0850. The van der Waals surface area contributed by atoms with Crippen LogP contribution >= 0.6 is 0 Å². The summed E-state index contributed by atoms with van der Waals surface area (Å²) in [5.74, 6) is -2.94. The Morgan fingerprint density at radius 2 is 1.82 bits per heavy atom. The lowest BCUT2D eigenvalue weighted by Crippen LogP contribution is -2.57. The molecule has 1 fully saturated rings. The molecule has 1 rings (SSSR count). The largest absolute Gasteiger partial charge is 0.480 e. The van der Waals surface area contributed by atoms with Gasteiger partial charge in [0.05, 0.1) is 12.6 Å². The Morgan fingerprint density at radius 3 is 2.36 bits per heavy atom. The molecule has 0 aromatic heterocycles. The van der Waals surface area contributed by atoms with Crippen LogP contribution in [0.25, 0.3) is 0 Å². The number of aliphatic imine (C=N–C) groups is 1. The molecular weight excluding hydrogens is 434 g/mol. The van der Waals surface area contributed by atoms with Crippen LogP contribution < -0.4 is 27.8 Å². The van der Waals surface area contributed by atoms with Gasteiger partial charge in [0.2, 0.25) is 17.7 Å². The maximum atomic E-state index is 13.3. The molecule has 0 radical (unpaired) electrons. The summed E-state index contributed by atoms with van der Waals surface area (Å²) in [4.78, 5) is 54.7. The second-order valence-electron chi connectivity index (χ2n) is 8.52. The number of hydrogen-bond acceptors (Lipinski definition) is 7. The maximum absolute atomic E-state index is 13.3. The topological polar surface area (TPSA) is 226 Å². The molecule has 3 amide bonds. The molecule has 0 bridgehead atoms. The Bertz CT molecular complexity index is 726. The van der Waals surface area contributed by atoms with Crippen LogP contribution in [0.1, 0.15) is 46.0 Å². The summed E-state index contributed by atoms with van der Waals surface area (Å²) in [7, 11) is 0. The fraction of sp³-hybridized carbons (Fsp3) is 0.750. The van der Waals surface area contributed by atoms with Crippen LogP contribution in [0, 0.1) is 5.92 Å². The highest BCUT2D eigenvalue weighted by atomic mass is 16.4. The first-order valence-corrected chi connectivity index (χ1v) is 11.0. The SMILES string of the molecule is CC(C)CC(NC(=O)C(N)CCCN=C(N)N)C(=O)N1CCCC1C(=O)NC(CO)C(=O)O. The highest BCUT2D eigenvalue weighted by Gasteiger charge is 2.39. The third-order valence-corrected chi connectivity index (χ3v) is 5.26. The lowest BCUT2D eigenvalue weighted by Gasteiger charge is -2.30. The van der Waals surface area contributed by atoms with E-state index in [-0.39, 0.29) is 11.9 Å². The predicted molar refractivity (Wildman–Crippen MR) is 121 cm³/mol. The van der Waals surface area contributed by atoms with Crippen molar-refractivity contribution in [3.8, 4) is 0 Å². The number of nitrogens with zero attached hydrogens (tertiary/aromatic N) is 2. The molecule has 33 heavy (non-hydrogen) atoms. The molecule has 1 heterocycles. The number of guanidine groups is 1. The number of aliphatic hydroxyl groups excluding tert-OH is 1. The molecule has 10 N–H and O–H groups in total. The number of amides is 3. The average Bonchev–Trinajstić information content (AvgIpc) is 3.22. The molecule has 4 unspecified atom stereocenters. The molecule has 13 nitrogen and oxygen atoms in total. The molecule has 188 valence electrons. The van der Waals surface area contributed by atoms with E-state index in [0.29, 0.717) is 45.2 Å². The number of carboxylic acid groups (broad SMARTS) is 1. The van der Waals surface area contributed by atoms with Crippen LogP contribution in [0.4, 0.5) is 0 Å². The van der Waals surface area contributed by atoms with Crippen LogP contribution in [0.2, 0.25) is 0 Å². The number of nitrogens with one attached hydrogen (secondary N) is 2. The van der Waals surface area contributed by atoms with E-state index in [1.807, 2.05) is 13.8 Å². The molecule has 4 atom stereocenters. The lowest BCUT2D eigenvalue weighted by atomic mass is 10.0. The third kappa shape index (κ3) is 9.22. The Hall–Kier alpha value is -2.93. The maximum Gasteiger partial charge on any atom is 0.328 e. The van der Waals surface area contributed by atoms with E-state index in [1.54, 1.807) is 0 Å². The Kier molecular flexibility index (Phi) is 11.6. The van der Waals surface area contributed by atoms with E-state index < -0.39 is 54.5 Å². The Labute approximate surface area is 193 Å².